The topological polar surface area (TPSA) is 78.8 Å². The van der Waals surface area contributed by atoms with Crippen molar-refractivity contribution in [2.45, 2.75) is 45.8 Å². The van der Waals surface area contributed by atoms with Gasteiger partial charge < -0.3 is 10.5 Å². The van der Waals surface area contributed by atoms with E-state index in [2.05, 4.69) is 36.6 Å². The number of nitrogen functional groups attached to an aromatic ring is 1. The molecule has 0 spiro atoms. The first kappa shape index (κ1) is 18.5. The highest BCUT2D eigenvalue weighted by Crippen LogP contribution is 2.25. The molecule has 6 nitrogen and oxygen atoms in total. The Labute approximate surface area is 155 Å². The summed E-state index contributed by atoms with van der Waals surface area (Å²) in [4.78, 5) is 9.22. The number of aryl methyl sites for hydroxylation is 1. The number of rotatable bonds is 7. The van der Waals surface area contributed by atoms with Crippen molar-refractivity contribution >= 4 is 24.8 Å². The van der Waals surface area contributed by atoms with Gasteiger partial charge in [-0.25, -0.2) is 9.67 Å². The maximum absolute atomic E-state index is 6.26. The summed E-state index contributed by atoms with van der Waals surface area (Å²) in [5, 5.41) is 4.37. The lowest BCUT2D eigenvalue weighted by atomic mass is 10.1. The van der Waals surface area contributed by atoms with E-state index >= 15 is 0 Å². The summed E-state index contributed by atoms with van der Waals surface area (Å²) in [6.45, 7) is 10.3. The van der Waals surface area contributed by atoms with Crippen molar-refractivity contribution < 1.29 is 4.74 Å². The highest BCUT2D eigenvalue weighted by molar-refractivity contribution is 6.76. The molecule has 0 saturated heterocycles. The fourth-order valence-electron chi connectivity index (χ4n) is 2.69. The number of fused-ring (bicyclic) bond motifs is 1. The van der Waals surface area contributed by atoms with Gasteiger partial charge in [-0.15, -0.1) is 0 Å². The maximum atomic E-state index is 6.26. The third kappa shape index (κ3) is 4.28. The average molecular weight is 370 g/mol. The van der Waals surface area contributed by atoms with Crippen LogP contribution in [0.5, 0.6) is 0 Å². The Kier molecular flexibility index (Phi) is 5.38. The third-order valence-corrected chi connectivity index (χ3v) is 6.08. The van der Waals surface area contributed by atoms with Crippen LogP contribution in [-0.2, 0) is 17.9 Å². The highest BCUT2D eigenvalue weighted by Gasteiger charge is 2.12. The zero-order valence-corrected chi connectivity index (χ0v) is 17.0. The second-order valence-corrected chi connectivity index (χ2v) is 13.4. The molecule has 0 unspecified atom stereocenters. The number of anilines is 1. The highest BCUT2D eigenvalue weighted by atomic mass is 28.3. The van der Waals surface area contributed by atoms with Crippen LogP contribution in [0.1, 0.15) is 12.5 Å². The lowest BCUT2D eigenvalue weighted by Crippen LogP contribution is -2.22. The van der Waals surface area contributed by atoms with Gasteiger partial charge in [-0.05, 0) is 24.1 Å². The molecule has 26 heavy (non-hydrogen) atoms. The van der Waals surface area contributed by atoms with Crippen LogP contribution in [0, 0.1) is 0 Å². The van der Waals surface area contributed by atoms with Crippen molar-refractivity contribution in [3.05, 3.63) is 36.3 Å². The van der Waals surface area contributed by atoms with Crippen LogP contribution >= 0.6 is 0 Å². The van der Waals surface area contributed by atoms with Crippen LogP contribution < -0.4 is 5.73 Å². The Morgan fingerprint density at radius 2 is 2.00 bits per heavy atom. The molecule has 138 valence electrons. The molecular formula is C19H27N5OSi. The molecule has 0 bridgehead atoms. The van der Waals surface area contributed by atoms with Crippen LogP contribution in [0.3, 0.4) is 0 Å². The molecule has 7 heteroatoms. The van der Waals surface area contributed by atoms with Crippen LogP contribution in [0.25, 0.3) is 22.3 Å². The fourth-order valence-corrected chi connectivity index (χ4v) is 3.45. The summed E-state index contributed by atoms with van der Waals surface area (Å²) in [6.07, 6.45) is 6.36. The van der Waals surface area contributed by atoms with Gasteiger partial charge in [0.2, 0.25) is 0 Å². The van der Waals surface area contributed by atoms with Gasteiger partial charge in [0.15, 0.2) is 0 Å². The van der Waals surface area contributed by atoms with E-state index in [4.69, 9.17) is 15.5 Å². The minimum atomic E-state index is -1.07. The van der Waals surface area contributed by atoms with E-state index in [1.165, 1.54) is 0 Å². The van der Waals surface area contributed by atoms with E-state index in [0.29, 0.717) is 12.4 Å². The number of hydrogen-bond donors (Lipinski definition) is 1. The van der Waals surface area contributed by atoms with E-state index in [1.54, 1.807) is 17.1 Å². The van der Waals surface area contributed by atoms with Gasteiger partial charge in [-0.2, -0.15) is 5.10 Å². The van der Waals surface area contributed by atoms with E-state index in [-0.39, 0.29) is 0 Å². The molecule has 0 atom stereocenters. The Hall–Kier alpha value is -2.25. The fraction of sp³-hybridized carbons (Fsp3) is 0.421. The second-order valence-electron chi connectivity index (χ2n) is 7.73. The van der Waals surface area contributed by atoms with Crippen molar-refractivity contribution in [2.24, 2.45) is 0 Å². The summed E-state index contributed by atoms with van der Waals surface area (Å²) < 4.78 is 7.53. The predicted octanol–water partition coefficient (Wildman–Crippen LogP) is 3.95. The molecule has 3 aromatic rings. The Balaban J connectivity index is 1.75. The lowest BCUT2D eigenvalue weighted by molar-refractivity contribution is 0.0786. The summed E-state index contributed by atoms with van der Waals surface area (Å²) >= 11 is 0. The van der Waals surface area contributed by atoms with Gasteiger partial charge in [-0.1, -0.05) is 32.6 Å². The number of benzene rings is 1. The molecule has 0 amide bonds. The van der Waals surface area contributed by atoms with E-state index in [1.807, 2.05) is 18.3 Å². The lowest BCUT2D eigenvalue weighted by Gasteiger charge is -2.15. The number of ether oxygens (including phenoxy) is 1. The maximum Gasteiger partial charge on any atom is 0.139 e. The molecule has 2 heterocycles. The molecule has 2 N–H and O–H groups in total. The normalized spacial score (nSPS) is 12.0. The number of nitrogens with zero attached hydrogens (tertiary/aromatic N) is 4. The molecule has 3 rings (SSSR count). The van der Waals surface area contributed by atoms with Crippen LogP contribution in [0.15, 0.2) is 30.7 Å². The molecule has 0 aliphatic heterocycles. The van der Waals surface area contributed by atoms with E-state index < -0.39 is 8.07 Å². The monoisotopic (exact) mass is 369 g/mol. The van der Waals surface area contributed by atoms with Gasteiger partial charge in [0.05, 0.1) is 29.3 Å². The predicted molar refractivity (Wildman–Crippen MR) is 109 cm³/mol. The minimum absolute atomic E-state index is 0.452. The largest absolute Gasteiger partial charge is 0.397 e. The van der Waals surface area contributed by atoms with Crippen LogP contribution in [0.2, 0.25) is 25.7 Å². The van der Waals surface area contributed by atoms with Crippen molar-refractivity contribution in [2.75, 3.05) is 12.3 Å². The number of nitrogens with two attached hydrogens (primary N) is 1. The molecule has 0 fully saturated rings. The number of aromatic nitrogens is 4. The number of hydrogen-bond acceptors (Lipinski definition) is 5. The SMILES string of the molecule is CCc1ccc2ncc(-c3cnn(COCC[Si](C)(C)C)c3)nc2c1N. The zero-order valence-electron chi connectivity index (χ0n) is 16.0. The summed E-state index contributed by atoms with van der Waals surface area (Å²) in [6, 6.07) is 5.13. The minimum Gasteiger partial charge on any atom is -0.397 e. The quantitative estimate of drug-likeness (QED) is 0.387. The first-order valence-corrected chi connectivity index (χ1v) is 12.7. The van der Waals surface area contributed by atoms with E-state index in [0.717, 1.165) is 46.9 Å². The van der Waals surface area contributed by atoms with Crippen LogP contribution in [0.4, 0.5) is 5.69 Å². The molecule has 1 aromatic carbocycles. The molecule has 2 aromatic heterocycles. The Morgan fingerprint density at radius 1 is 1.19 bits per heavy atom. The third-order valence-electron chi connectivity index (χ3n) is 4.37. The van der Waals surface area contributed by atoms with Gasteiger partial charge in [0.25, 0.3) is 0 Å². The Bertz CT molecular complexity index is 901. The first-order chi connectivity index (χ1) is 12.4. The average Bonchev–Trinajstić information content (AvgIpc) is 3.07. The van der Waals surface area contributed by atoms with Gasteiger partial charge in [0.1, 0.15) is 12.2 Å². The molecule has 0 aliphatic carbocycles. The van der Waals surface area contributed by atoms with Crippen molar-refractivity contribution in [3.8, 4) is 11.3 Å². The van der Waals surface area contributed by atoms with Crippen molar-refractivity contribution in [1.82, 2.24) is 19.7 Å². The summed E-state index contributed by atoms with van der Waals surface area (Å²) in [5.41, 5.74) is 11.3. The molecule has 0 aliphatic rings. The van der Waals surface area contributed by atoms with Crippen molar-refractivity contribution in [3.63, 3.8) is 0 Å². The van der Waals surface area contributed by atoms with Gasteiger partial charge in [0, 0.05) is 26.4 Å². The molecule has 0 saturated carbocycles. The smallest absolute Gasteiger partial charge is 0.139 e. The van der Waals surface area contributed by atoms with Gasteiger partial charge in [-0.3, -0.25) is 4.98 Å². The zero-order chi connectivity index (χ0) is 18.7. The summed E-state index contributed by atoms with van der Waals surface area (Å²) in [7, 11) is -1.07. The molecule has 0 radical (unpaired) electrons. The Morgan fingerprint density at radius 3 is 2.73 bits per heavy atom. The summed E-state index contributed by atoms with van der Waals surface area (Å²) in [5.74, 6) is 0. The van der Waals surface area contributed by atoms with Crippen LogP contribution in [-0.4, -0.2) is 34.4 Å². The van der Waals surface area contributed by atoms with Gasteiger partial charge >= 0.3 is 0 Å². The molecular weight excluding hydrogens is 342 g/mol. The second kappa shape index (κ2) is 7.55. The first-order valence-electron chi connectivity index (χ1n) is 9.02. The van der Waals surface area contributed by atoms with E-state index in [9.17, 15) is 0 Å². The standard InChI is InChI=1S/C19H27N5OSi/c1-5-14-6-7-16-19(18(14)20)23-17(11-21-16)15-10-22-24(12-15)13-25-8-9-26(2,3)4/h6-7,10-12H,5,8-9,13,20H2,1-4H3. The van der Waals surface area contributed by atoms with Crippen molar-refractivity contribution in [1.29, 1.82) is 0 Å².